The van der Waals surface area contributed by atoms with Crippen LogP contribution in [0.5, 0.6) is 0 Å². The largest absolute Gasteiger partial charge is 0.481 e. The highest BCUT2D eigenvalue weighted by molar-refractivity contribution is 5.95. The molecule has 0 saturated carbocycles. The van der Waals surface area contributed by atoms with Crippen molar-refractivity contribution in [2.45, 2.75) is 51.2 Å². The second-order valence-electron chi connectivity index (χ2n) is 7.00. The van der Waals surface area contributed by atoms with E-state index < -0.39 is 17.8 Å². The predicted molar refractivity (Wildman–Crippen MR) is 76.3 cm³/mol. The number of nitrogens with zero attached hydrogens (tertiary/aromatic N) is 1. The van der Waals surface area contributed by atoms with Crippen molar-refractivity contribution in [2.75, 3.05) is 5.32 Å². The maximum atomic E-state index is 12.4. The molecule has 0 unspecified atom stereocenters. The van der Waals surface area contributed by atoms with Crippen molar-refractivity contribution in [3.63, 3.8) is 0 Å². The van der Waals surface area contributed by atoms with Crippen LogP contribution in [0.25, 0.3) is 0 Å². The Hall–Kier alpha value is -1.89. The summed E-state index contributed by atoms with van der Waals surface area (Å²) in [5.41, 5.74) is -0.213. The van der Waals surface area contributed by atoms with Gasteiger partial charge in [-0.2, -0.15) is 0 Å². The number of fused-ring (bicyclic) bond motifs is 2. The van der Waals surface area contributed by atoms with Crippen molar-refractivity contribution < 1.29 is 24.0 Å². The van der Waals surface area contributed by atoms with E-state index in [1.54, 1.807) is 6.07 Å². The van der Waals surface area contributed by atoms with Gasteiger partial charge in [-0.05, 0) is 12.8 Å². The van der Waals surface area contributed by atoms with E-state index in [0.717, 1.165) is 6.42 Å². The van der Waals surface area contributed by atoms with Gasteiger partial charge < -0.3 is 19.7 Å². The number of ether oxygens (including phenoxy) is 1. The first-order valence-corrected chi connectivity index (χ1v) is 7.43. The second-order valence-corrected chi connectivity index (χ2v) is 7.00. The van der Waals surface area contributed by atoms with Gasteiger partial charge in [0.25, 0.3) is 0 Å². The van der Waals surface area contributed by atoms with E-state index >= 15 is 0 Å². The highest BCUT2D eigenvalue weighted by Crippen LogP contribution is 2.44. The number of hydrogen-bond acceptors (Lipinski definition) is 5. The minimum atomic E-state index is -0.983. The Morgan fingerprint density at radius 2 is 1.91 bits per heavy atom. The average molecular weight is 308 g/mol. The van der Waals surface area contributed by atoms with Gasteiger partial charge in [0.05, 0.1) is 24.0 Å². The van der Waals surface area contributed by atoms with E-state index in [1.165, 1.54) is 0 Å². The first-order valence-electron chi connectivity index (χ1n) is 7.43. The maximum absolute atomic E-state index is 12.4. The molecule has 4 atom stereocenters. The number of hydrogen-bond donors (Lipinski definition) is 2. The highest BCUT2D eigenvalue weighted by Gasteiger charge is 2.55. The Morgan fingerprint density at radius 1 is 1.27 bits per heavy atom. The average Bonchev–Trinajstić information content (AvgIpc) is 3.11. The molecule has 7 nitrogen and oxygen atoms in total. The lowest BCUT2D eigenvalue weighted by Gasteiger charge is -2.23. The molecule has 3 rings (SSSR count). The van der Waals surface area contributed by atoms with Crippen molar-refractivity contribution in [1.29, 1.82) is 0 Å². The van der Waals surface area contributed by atoms with Gasteiger partial charge in [-0.1, -0.05) is 25.9 Å². The van der Waals surface area contributed by atoms with Gasteiger partial charge in [-0.25, -0.2) is 0 Å². The van der Waals surface area contributed by atoms with E-state index in [4.69, 9.17) is 9.26 Å². The number of carbonyl (C=O) groups is 2. The molecule has 1 aromatic heterocycles. The van der Waals surface area contributed by atoms with Crippen LogP contribution in [0.3, 0.4) is 0 Å². The lowest BCUT2D eigenvalue weighted by molar-refractivity contribution is -0.147. The van der Waals surface area contributed by atoms with Gasteiger partial charge in [0.1, 0.15) is 5.76 Å². The lowest BCUT2D eigenvalue weighted by atomic mass is 9.79. The molecule has 0 aromatic carbocycles. The first-order chi connectivity index (χ1) is 10.3. The quantitative estimate of drug-likeness (QED) is 0.882. The molecule has 2 fully saturated rings. The topological polar surface area (TPSA) is 102 Å². The molecule has 2 bridgehead atoms. The number of aliphatic carboxylic acids is 1. The molecular formula is C15H20N2O5. The van der Waals surface area contributed by atoms with Gasteiger partial charge in [-0.3, -0.25) is 9.59 Å². The summed E-state index contributed by atoms with van der Waals surface area (Å²) in [7, 11) is 0. The highest BCUT2D eigenvalue weighted by atomic mass is 16.5. The molecule has 2 aliphatic heterocycles. The van der Waals surface area contributed by atoms with Gasteiger partial charge >= 0.3 is 5.97 Å². The minimum Gasteiger partial charge on any atom is -0.481 e. The van der Waals surface area contributed by atoms with Crippen LogP contribution in [0.15, 0.2) is 10.6 Å². The molecule has 1 amide bonds. The van der Waals surface area contributed by atoms with Crippen LogP contribution in [0, 0.1) is 11.8 Å². The maximum Gasteiger partial charge on any atom is 0.310 e. The predicted octanol–water partition coefficient (Wildman–Crippen LogP) is 1.79. The number of carboxylic acid groups (broad SMARTS) is 1. The molecule has 0 aliphatic carbocycles. The third-order valence-corrected chi connectivity index (χ3v) is 4.36. The first kappa shape index (κ1) is 15.0. The van der Waals surface area contributed by atoms with Crippen LogP contribution in [-0.4, -0.2) is 34.3 Å². The van der Waals surface area contributed by atoms with Crippen LogP contribution in [0.2, 0.25) is 0 Å². The second kappa shape index (κ2) is 5.08. The monoisotopic (exact) mass is 308 g/mol. The summed E-state index contributed by atoms with van der Waals surface area (Å²) >= 11 is 0. The number of carboxylic acids is 1. The molecule has 2 N–H and O–H groups in total. The molecular weight excluding hydrogens is 288 g/mol. The number of carbonyl (C=O) groups excluding carboxylic acids is 1. The Bertz CT molecular complexity index is 603. The molecule has 2 saturated heterocycles. The molecule has 3 heterocycles. The number of rotatable bonds is 3. The van der Waals surface area contributed by atoms with Crippen LogP contribution in [0.1, 0.15) is 39.4 Å². The molecule has 0 radical (unpaired) electrons. The Labute approximate surface area is 128 Å². The molecule has 1 aromatic rings. The summed E-state index contributed by atoms with van der Waals surface area (Å²) in [5, 5.41) is 15.8. The van der Waals surface area contributed by atoms with Crippen molar-refractivity contribution in [3.05, 3.63) is 11.8 Å². The van der Waals surface area contributed by atoms with E-state index in [9.17, 15) is 14.7 Å². The smallest absolute Gasteiger partial charge is 0.310 e. The fraction of sp³-hybridized carbons (Fsp3) is 0.667. The zero-order chi connectivity index (χ0) is 16.1. The lowest BCUT2D eigenvalue weighted by Crippen LogP contribution is -2.41. The standard InChI is InChI=1S/C15H20N2O5/c1-15(2,3)9-6-10(17-22-9)16-13(18)11-7-4-5-8(21-7)12(11)14(19)20/h6-8,11-12H,4-5H2,1-3H3,(H,19,20)(H,16,17,18)/t7-,8-,11-,12+/m1/s1. The zero-order valence-corrected chi connectivity index (χ0v) is 12.8. The Kier molecular flexibility index (Phi) is 3.47. The summed E-state index contributed by atoms with van der Waals surface area (Å²) < 4.78 is 10.8. The van der Waals surface area contributed by atoms with Crippen LogP contribution < -0.4 is 5.32 Å². The summed E-state index contributed by atoms with van der Waals surface area (Å²) in [4.78, 5) is 23.8. The SMILES string of the molecule is CC(C)(C)c1cc(NC(=O)[C@H]2[C@@H](C(=O)O)[C@H]3CC[C@H]2O3)no1. The van der Waals surface area contributed by atoms with Crippen molar-refractivity contribution >= 4 is 17.7 Å². The normalized spacial score (nSPS) is 30.5. The summed E-state index contributed by atoms with van der Waals surface area (Å²) in [6, 6.07) is 1.67. The minimum absolute atomic E-state index is 0.213. The molecule has 7 heteroatoms. The number of nitrogens with one attached hydrogen (secondary N) is 1. The van der Waals surface area contributed by atoms with E-state index in [-0.39, 0.29) is 23.5 Å². The van der Waals surface area contributed by atoms with E-state index in [0.29, 0.717) is 18.0 Å². The Morgan fingerprint density at radius 3 is 2.45 bits per heavy atom. The number of amides is 1. The van der Waals surface area contributed by atoms with E-state index in [1.807, 2.05) is 20.8 Å². The molecule has 120 valence electrons. The fourth-order valence-electron chi connectivity index (χ4n) is 3.22. The summed E-state index contributed by atoms with van der Waals surface area (Å²) in [6.45, 7) is 5.93. The Balaban J connectivity index is 1.74. The third kappa shape index (κ3) is 2.49. The van der Waals surface area contributed by atoms with Gasteiger partial charge in [0.15, 0.2) is 5.82 Å². The van der Waals surface area contributed by atoms with E-state index in [2.05, 4.69) is 10.5 Å². The van der Waals surface area contributed by atoms with Gasteiger partial charge in [0.2, 0.25) is 5.91 Å². The zero-order valence-electron chi connectivity index (χ0n) is 12.8. The fourth-order valence-corrected chi connectivity index (χ4v) is 3.22. The van der Waals surface area contributed by atoms with Crippen LogP contribution in [-0.2, 0) is 19.7 Å². The van der Waals surface area contributed by atoms with Crippen molar-refractivity contribution in [2.24, 2.45) is 11.8 Å². The van der Waals surface area contributed by atoms with Crippen molar-refractivity contribution in [3.8, 4) is 0 Å². The van der Waals surface area contributed by atoms with Crippen molar-refractivity contribution in [1.82, 2.24) is 5.16 Å². The number of anilines is 1. The summed E-state index contributed by atoms with van der Waals surface area (Å²) in [5.74, 6) is -1.85. The number of aromatic nitrogens is 1. The van der Waals surface area contributed by atoms with Crippen LogP contribution in [0.4, 0.5) is 5.82 Å². The summed E-state index contributed by atoms with van der Waals surface area (Å²) in [6.07, 6.45) is 0.739. The van der Waals surface area contributed by atoms with Gasteiger partial charge in [-0.15, -0.1) is 0 Å². The molecule has 2 aliphatic rings. The third-order valence-electron chi connectivity index (χ3n) is 4.36. The molecule has 0 spiro atoms. The van der Waals surface area contributed by atoms with Gasteiger partial charge in [0, 0.05) is 11.5 Å². The molecule has 22 heavy (non-hydrogen) atoms. The van der Waals surface area contributed by atoms with Crippen LogP contribution >= 0.6 is 0 Å².